The van der Waals surface area contributed by atoms with Gasteiger partial charge in [0.15, 0.2) is 11.4 Å². The van der Waals surface area contributed by atoms with Crippen molar-refractivity contribution >= 4 is 17.7 Å². The number of aromatic hydroxyl groups is 1. The van der Waals surface area contributed by atoms with Gasteiger partial charge in [0.05, 0.1) is 6.04 Å². The molecular formula is C19H21N3O3S. The molecule has 0 saturated carbocycles. The molecule has 2 aliphatic rings. The minimum Gasteiger partial charge on any atom is -0.502 e. The Labute approximate surface area is 156 Å². The van der Waals surface area contributed by atoms with Crippen LogP contribution in [0.15, 0.2) is 47.4 Å². The Balaban J connectivity index is 1.94. The topological polar surface area (TPSA) is 65.8 Å². The first-order chi connectivity index (χ1) is 12.5. The van der Waals surface area contributed by atoms with Gasteiger partial charge in [0.1, 0.15) is 6.17 Å². The van der Waals surface area contributed by atoms with E-state index in [1.165, 1.54) is 6.07 Å². The molecule has 0 bridgehead atoms. The standard InChI is InChI=1S/C19H21N3O3S/c1-20-15-9-8-14(26-2)16(12-6-4-3-5-7-12)22(15)21-11-10-13(23)18(24)17(21)19(20)25/h3-7,10-11,14-16,24H,8-9H2,1-2H3. The van der Waals surface area contributed by atoms with E-state index in [-0.39, 0.29) is 23.8 Å². The molecule has 2 aromatic rings. The highest BCUT2D eigenvalue weighted by Gasteiger charge is 2.46. The maximum Gasteiger partial charge on any atom is 0.277 e. The van der Waals surface area contributed by atoms with E-state index in [2.05, 4.69) is 23.4 Å². The molecule has 1 saturated heterocycles. The lowest BCUT2D eigenvalue weighted by Gasteiger charge is -2.53. The Morgan fingerprint density at radius 1 is 1.12 bits per heavy atom. The van der Waals surface area contributed by atoms with Crippen LogP contribution >= 0.6 is 11.8 Å². The number of hydrogen-bond acceptors (Lipinski definition) is 5. The van der Waals surface area contributed by atoms with Crippen LogP contribution in [0, 0.1) is 0 Å². The van der Waals surface area contributed by atoms with Gasteiger partial charge in [0.25, 0.3) is 5.91 Å². The van der Waals surface area contributed by atoms with Gasteiger partial charge in [-0.2, -0.15) is 11.8 Å². The molecule has 0 aliphatic carbocycles. The molecule has 7 heteroatoms. The maximum absolute atomic E-state index is 12.8. The summed E-state index contributed by atoms with van der Waals surface area (Å²) in [5, 5.41) is 12.8. The Morgan fingerprint density at radius 2 is 1.85 bits per heavy atom. The summed E-state index contributed by atoms with van der Waals surface area (Å²) in [5.41, 5.74) is 0.661. The molecule has 6 nitrogen and oxygen atoms in total. The molecule has 26 heavy (non-hydrogen) atoms. The second-order valence-corrected chi connectivity index (χ2v) is 7.78. The highest BCUT2D eigenvalue weighted by Crippen LogP contribution is 2.42. The summed E-state index contributed by atoms with van der Waals surface area (Å²) in [7, 11) is 1.74. The summed E-state index contributed by atoms with van der Waals surface area (Å²) in [6.45, 7) is 0. The molecule has 2 aliphatic heterocycles. The van der Waals surface area contributed by atoms with Crippen molar-refractivity contribution in [1.82, 2.24) is 9.58 Å². The first-order valence-corrected chi connectivity index (χ1v) is 9.91. The third kappa shape index (κ3) is 2.41. The zero-order valence-corrected chi connectivity index (χ0v) is 15.5. The maximum atomic E-state index is 12.8. The molecule has 136 valence electrons. The number of carbonyl (C=O) groups excluding carboxylic acids is 1. The molecule has 1 aromatic carbocycles. The first kappa shape index (κ1) is 17.0. The highest BCUT2D eigenvalue weighted by molar-refractivity contribution is 7.99. The van der Waals surface area contributed by atoms with Crippen LogP contribution in [-0.4, -0.2) is 45.3 Å². The fraction of sp³-hybridized carbons (Fsp3) is 0.368. The number of aromatic nitrogens is 1. The average Bonchev–Trinajstić information content (AvgIpc) is 2.67. The van der Waals surface area contributed by atoms with E-state index in [9.17, 15) is 14.7 Å². The van der Waals surface area contributed by atoms with E-state index in [1.807, 2.05) is 18.2 Å². The molecule has 0 spiro atoms. The lowest BCUT2D eigenvalue weighted by Crippen LogP contribution is -2.64. The Hall–Kier alpha value is -2.41. The molecule has 3 atom stereocenters. The number of carbonyl (C=O) groups is 1. The van der Waals surface area contributed by atoms with Crippen molar-refractivity contribution in [1.29, 1.82) is 0 Å². The van der Waals surface area contributed by atoms with Gasteiger partial charge in [-0.1, -0.05) is 30.3 Å². The highest BCUT2D eigenvalue weighted by atomic mass is 32.2. The van der Waals surface area contributed by atoms with E-state index >= 15 is 0 Å². The van der Waals surface area contributed by atoms with Crippen LogP contribution in [0.25, 0.3) is 0 Å². The molecule has 1 amide bonds. The van der Waals surface area contributed by atoms with Crippen molar-refractivity contribution in [3.05, 3.63) is 64.1 Å². The fourth-order valence-corrected chi connectivity index (χ4v) is 4.99. The smallest absolute Gasteiger partial charge is 0.277 e. The molecule has 1 fully saturated rings. The summed E-state index contributed by atoms with van der Waals surface area (Å²) >= 11 is 1.81. The third-order valence-corrected chi connectivity index (χ3v) is 6.47. The van der Waals surface area contributed by atoms with E-state index in [1.54, 1.807) is 34.6 Å². The van der Waals surface area contributed by atoms with Crippen molar-refractivity contribution in [2.45, 2.75) is 30.3 Å². The van der Waals surface area contributed by atoms with Gasteiger partial charge in [-0.05, 0) is 24.7 Å². The molecule has 1 N–H and O–H groups in total. The van der Waals surface area contributed by atoms with E-state index < -0.39 is 11.2 Å². The van der Waals surface area contributed by atoms with Crippen LogP contribution in [0.1, 0.15) is 34.9 Å². The normalized spacial score (nSPS) is 25.0. The molecular weight excluding hydrogens is 350 g/mol. The summed E-state index contributed by atoms with van der Waals surface area (Å²) in [6.07, 6.45) is 5.41. The second kappa shape index (κ2) is 6.39. The second-order valence-electron chi connectivity index (χ2n) is 6.71. The van der Waals surface area contributed by atoms with Crippen molar-refractivity contribution in [2.75, 3.05) is 18.3 Å². The van der Waals surface area contributed by atoms with Crippen LogP contribution in [-0.2, 0) is 0 Å². The molecule has 0 radical (unpaired) electrons. The Morgan fingerprint density at radius 3 is 2.54 bits per heavy atom. The monoisotopic (exact) mass is 371 g/mol. The number of hydrogen-bond donors (Lipinski definition) is 1. The quantitative estimate of drug-likeness (QED) is 0.876. The fourth-order valence-electron chi connectivity index (χ4n) is 4.08. The lowest BCUT2D eigenvalue weighted by molar-refractivity contribution is 0.0557. The largest absolute Gasteiger partial charge is 0.502 e. The number of thioether (sulfide) groups is 1. The molecule has 4 rings (SSSR count). The van der Waals surface area contributed by atoms with Crippen molar-refractivity contribution in [2.24, 2.45) is 0 Å². The zero-order chi connectivity index (χ0) is 18.4. The van der Waals surface area contributed by atoms with Crippen molar-refractivity contribution in [3.63, 3.8) is 0 Å². The minimum absolute atomic E-state index is 0.0288. The number of amides is 1. The SMILES string of the molecule is CSC1CCC2N(C)C(=O)c3c(O)c(=O)ccn3N2C1c1ccccc1. The summed E-state index contributed by atoms with van der Waals surface area (Å²) in [4.78, 5) is 26.4. The lowest BCUT2D eigenvalue weighted by atomic mass is 9.93. The predicted octanol–water partition coefficient (Wildman–Crippen LogP) is 2.17. The Kier molecular flexibility index (Phi) is 4.19. The van der Waals surface area contributed by atoms with Crippen LogP contribution in [0.5, 0.6) is 5.75 Å². The third-order valence-electron chi connectivity index (χ3n) is 5.37. The number of benzene rings is 1. The van der Waals surface area contributed by atoms with Gasteiger partial charge >= 0.3 is 0 Å². The number of rotatable bonds is 2. The van der Waals surface area contributed by atoms with Crippen molar-refractivity contribution < 1.29 is 9.90 Å². The minimum atomic E-state index is -0.536. The van der Waals surface area contributed by atoms with E-state index in [0.717, 1.165) is 18.4 Å². The summed E-state index contributed by atoms with van der Waals surface area (Å²) < 4.78 is 1.68. The number of fused-ring (bicyclic) bond motifs is 3. The number of nitrogens with zero attached hydrogens (tertiary/aromatic N) is 3. The summed E-state index contributed by atoms with van der Waals surface area (Å²) in [5.74, 6) is -0.809. The summed E-state index contributed by atoms with van der Waals surface area (Å²) in [6, 6.07) is 11.5. The van der Waals surface area contributed by atoms with Crippen LogP contribution in [0.3, 0.4) is 0 Å². The number of pyridine rings is 1. The zero-order valence-electron chi connectivity index (χ0n) is 14.7. The number of piperidine rings is 1. The van der Waals surface area contributed by atoms with Gasteiger partial charge in [-0.15, -0.1) is 0 Å². The van der Waals surface area contributed by atoms with Gasteiger partial charge < -0.3 is 10.0 Å². The molecule has 3 unspecified atom stereocenters. The van der Waals surface area contributed by atoms with Crippen molar-refractivity contribution in [3.8, 4) is 5.75 Å². The average molecular weight is 371 g/mol. The van der Waals surface area contributed by atoms with Crippen LogP contribution in [0.2, 0.25) is 0 Å². The predicted molar refractivity (Wildman–Crippen MR) is 102 cm³/mol. The van der Waals surface area contributed by atoms with Gasteiger partial charge in [0, 0.05) is 24.6 Å². The van der Waals surface area contributed by atoms with Gasteiger partial charge in [0.2, 0.25) is 5.43 Å². The first-order valence-electron chi connectivity index (χ1n) is 8.62. The van der Waals surface area contributed by atoms with E-state index in [0.29, 0.717) is 5.25 Å². The Bertz CT molecular complexity index is 899. The van der Waals surface area contributed by atoms with Crippen LogP contribution < -0.4 is 10.4 Å². The molecule has 3 heterocycles. The molecule has 1 aromatic heterocycles. The van der Waals surface area contributed by atoms with Crippen LogP contribution in [0.4, 0.5) is 0 Å². The van der Waals surface area contributed by atoms with Gasteiger partial charge in [-0.25, -0.2) is 0 Å². The van der Waals surface area contributed by atoms with E-state index in [4.69, 9.17) is 0 Å². The van der Waals surface area contributed by atoms with Gasteiger partial charge in [-0.3, -0.25) is 19.3 Å².